The van der Waals surface area contributed by atoms with E-state index >= 15 is 0 Å². The van der Waals surface area contributed by atoms with Gasteiger partial charge in [0.1, 0.15) is 12.3 Å². The van der Waals surface area contributed by atoms with Crippen LogP contribution in [-0.2, 0) is 14.3 Å². The van der Waals surface area contributed by atoms with Crippen LogP contribution in [0.4, 0.5) is 17.5 Å². The summed E-state index contributed by atoms with van der Waals surface area (Å²) >= 11 is 0. The van der Waals surface area contributed by atoms with Crippen LogP contribution in [0.3, 0.4) is 0 Å². The van der Waals surface area contributed by atoms with Gasteiger partial charge in [-0.2, -0.15) is 4.98 Å². The van der Waals surface area contributed by atoms with Crippen molar-refractivity contribution in [3.05, 3.63) is 6.20 Å². The molecule has 1 N–H and O–H groups in total. The molecule has 21 heavy (non-hydrogen) atoms. The second-order valence-electron chi connectivity index (χ2n) is 4.88. The first-order valence-electron chi connectivity index (χ1n) is 6.77. The number of ether oxygens (including phenoxy) is 2. The molecule has 1 aromatic heterocycles. The van der Waals surface area contributed by atoms with Crippen LogP contribution in [0.1, 0.15) is 0 Å². The van der Waals surface area contributed by atoms with Crippen LogP contribution < -0.4 is 15.1 Å². The monoisotopic (exact) mass is 295 g/mol. The predicted octanol–water partition coefficient (Wildman–Crippen LogP) is -0.0359. The Hall–Kier alpha value is -1.93. The topological polar surface area (TPSA) is 79.8 Å². The number of morpholine rings is 1. The van der Waals surface area contributed by atoms with Gasteiger partial charge in [-0.15, -0.1) is 0 Å². The highest BCUT2D eigenvalue weighted by Crippen LogP contribution is 2.23. The fourth-order valence-electron chi connectivity index (χ4n) is 2.03. The molecule has 116 valence electrons. The van der Waals surface area contributed by atoms with E-state index in [1.54, 1.807) is 6.20 Å². The van der Waals surface area contributed by atoms with Crippen LogP contribution in [0.5, 0.6) is 0 Å². The summed E-state index contributed by atoms with van der Waals surface area (Å²) < 4.78 is 10.1. The normalized spacial score (nSPS) is 14.9. The van der Waals surface area contributed by atoms with Gasteiger partial charge in [0.2, 0.25) is 11.9 Å². The Labute approximate surface area is 124 Å². The summed E-state index contributed by atoms with van der Waals surface area (Å²) in [6.45, 7) is 2.88. The van der Waals surface area contributed by atoms with Gasteiger partial charge in [-0.3, -0.25) is 4.79 Å². The predicted molar refractivity (Wildman–Crippen MR) is 79.9 cm³/mol. The molecule has 1 amide bonds. The first-order valence-corrected chi connectivity index (χ1v) is 6.77. The average Bonchev–Trinajstić information content (AvgIpc) is 2.48. The third-order valence-electron chi connectivity index (χ3n) is 3.02. The van der Waals surface area contributed by atoms with Crippen molar-refractivity contribution >= 4 is 23.4 Å². The molecule has 0 atom stereocenters. The molecule has 8 heteroatoms. The van der Waals surface area contributed by atoms with E-state index in [-0.39, 0.29) is 12.5 Å². The van der Waals surface area contributed by atoms with Gasteiger partial charge in [0.05, 0.1) is 19.4 Å². The molecule has 2 heterocycles. The molecule has 0 aromatic carbocycles. The molecule has 1 aliphatic rings. The zero-order chi connectivity index (χ0) is 15.2. The van der Waals surface area contributed by atoms with Gasteiger partial charge >= 0.3 is 0 Å². The third-order valence-corrected chi connectivity index (χ3v) is 3.02. The molecule has 0 bridgehead atoms. The molecule has 2 rings (SSSR count). The molecular formula is C13H21N5O3. The van der Waals surface area contributed by atoms with E-state index < -0.39 is 0 Å². The Kier molecular flexibility index (Phi) is 5.29. The molecule has 1 aromatic rings. The molecule has 1 saturated heterocycles. The van der Waals surface area contributed by atoms with E-state index in [1.165, 1.54) is 7.11 Å². The summed E-state index contributed by atoms with van der Waals surface area (Å²) in [6.07, 6.45) is 1.63. The van der Waals surface area contributed by atoms with Crippen LogP contribution in [0.15, 0.2) is 6.20 Å². The number of methoxy groups -OCH3 is 1. The largest absolute Gasteiger partial charge is 0.378 e. The number of aromatic nitrogens is 2. The van der Waals surface area contributed by atoms with Gasteiger partial charge in [0.15, 0.2) is 5.82 Å². The van der Waals surface area contributed by atoms with Crippen LogP contribution >= 0.6 is 0 Å². The van der Waals surface area contributed by atoms with Crippen molar-refractivity contribution in [1.29, 1.82) is 0 Å². The average molecular weight is 295 g/mol. The van der Waals surface area contributed by atoms with Crippen LogP contribution in [0.25, 0.3) is 0 Å². The van der Waals surface area contributed by atoms with Crippen molar-refractivity contribution in [3.8, 4) is 0 Å². The minimum Gasteiger partial charge on any atom is -0.378 e. The summed E-state index contributed by atoms with van der Waals surface area (Å²) in [5.74, 6) is 1.08. The standard InChI is InChI=1S/C13H21N5O3/c1-17(2)12-10(15-11(19)9-20-3)8-14-13(16-12)18-4-6-21-7-5-18/h8H,4-7,9H2,1-3H3,(H,15,19). The second kappa shape index (κ2) is 7.19. The smallest absolute Gasteiger partial charge is 0.250 e. The minimum absolute atomic E-state index is 0.00190. The summed E-state index contributed by atoms with van der Waals surface area (Å²) in [5, 5.41) is 2.75. The molecule has 0 saturated carbocycles. The van der Waals surface area contributed by atoms with Crippen molar-refractivity contribution in [3.63, 3.8) is 0 Å². The third kappa shape index (κ3) is 4.02. The quantitative estimate of drug-likeness (QED) is 0.816. The van der Waals surface area contributed by atoms with Crippen LogP contribution in [-0.4, -0.2) is 70.0 Å². The van der Waals surface area contributed by atoms with Gasteiger partial charge in [-0.25, -0.2) is 4.98 Å². The SMILES string of the molecule is COCC(=O)Nc1cnc(N2CCOCC2)nc1N(C)C. The van der Waals surface area contributed by atoms with E-state index in [0.29, 0.717) is 30.7 Å². The lowest BCUT2D eigenvalue weighted by molar-refractivity contribution is -0.119. The van der Waals surface area contributed by atoms with Crippen molar-refractivity contribution in [2.75, 3.05) is 69.2 Å². The van der Waals surface area contributed by atoms with Gasteiger partial charge in [-0.05, 0) is 0 Å². The van der Waals surface area contributed by atoms with E-state index in [4.69, 9.17) is 9.47 Å². The number of hydrogen-bond acceptors (Lipinski definition) is 7. The van der Waals surface area contributed by atoms with E-state index in [2.05, 4.69) is 20.2 Å². The van der Waals surface area contributed by atoms with Crippen molar-refractivity contribution in [2.24, 2.45) is 0 Å². The molecule has 1 fully saturated rings. The highest BCUT2D eigenvalue weighted by molar-refractivity contribution is 5.94. The number of nitrogens with zero attached hydrogens (tertiary/aromatic N) is 4. The Morgan fingerprint density at radius 3 is 2.81 bits per heavy atom. The van der Waals surface area contributed by atoms with Gasteiger partial charge in [-0.1, -0.05) is 0 Å². The lowest BCUT2D eigenvalue weighted by Gasteiger charge is -2.28. The fourth-order valence-corrected chi connectivity index (χ4v) is 2.03. The number of hydrogen-bond donors (Lipinski definition) is 1. The Bertz CT molecular complexity index is 489. The zero-order valence-electron chi connectivity index (χ0n) is 12.6. The second-order valence-corrected chi connectivity index (χ2v) is 4.88. The number of rotatable bonds is 5. The zero-order valence-corrected chi connectivity index (χ0v) is 12.6. The highest BCUT2D eigenvalue weighted by Gasteiger charge is 2.17. The van der Waals surface area contributed by atoms with E-state index in [1.807, 2.05) is 19.0 Å². The lowest BCUT2D eigenvalue weighted by Crippen LogP contribution is -2.37. The molecule has 0 radical (unpaired) electrons. The molecule has 0 aliphatic carbocycles. The maximum absolute atomic E-state index is 11.6. The number of carbonyl (C=O) groups excluding carboxylic acids is 1. The van der Waals surface area contributed by atoms with Gasteiger partial charge in [0.25, 0.3) is 0 Å². The molecule has 0 spiro atoms. The first kappa shape index (κ1) is 15.5. The highest BCUT2D eigenvalue weighted by atomic mass is 16.5. The Balaban J connectivity index is 2.20. The number of anilines is 3. The van der Waals surface area contributed by atoms with Crippen molar-refractivity contribution in [1.82, 2.24) is 9.97 Å². The summed E-state index contributed by atoms with van der Waals surface area (Å²) in [6, 6.07) is 0. The maximum Gasteiger partial charge on any atom is 0.250 e. The van der Waals surface area contributed by atoms with Gasteiger partial charge in [0, 0.05) is 34.3 Å². The summed E-state index contributed by atoms with van der Waals surface area (Å²) in [7, 11) is 5.22. The number of nitrogens with one attached hydrogen (secondary N) is 1. The lowest BCUT2D eigenvalue weighted by atomic mass is 10.4. The van der Waals surface area contributed by atoms with Gasteiger partial charge < -0.3 is 24.6 Å². The molecule has 1 aliphatic heterocycles. The van der Waals surface area contributed by atoms with Crippen LogP contribution in [0, 0.1) is 0 Å². The number of carbonyl (C=O) groups is 1. The number of amides is 1. The fraction of sp³-hybridized carbons (Fsp3) is 0.615. The molecular weight excluding hydrogens is 274 g/mol. The molecule has 8 nitrogen and oxygen atoms in total. The summed E-state index contributed by atoms with van der Waals surface area (Å²) in [4.78, 5) is 24.4. The van der Waals surface area contributed by atoms with E-state index in [9.17, 15) is 4.79 Å². The van der Waals surface area contributed by atoms with Crippen molar-refractivity contribution in [2.45, 2.75) is 0 Å². The Morgan fingerprint density at radius 1 is 1.48 bits per heavy atom. The van der Waals surface area contributed by atoms with E-state index in [0.717, 1.165) is 13.1 Å². The van der Waals surface area contributed by atoms with Crippen molar-refractivity contribution < 1.29 is 14.3 Å². The molecule has 0 unspecified atom stereocenters. The summed E-state index contributed by atoms with van der Waals surface area (Å²) in [5.41, 5.74) is 0.569. The first-order chi connectivity index (χ1) is 10.1. The Morgan fingerprint density at radius 2 is 2.19 bits per heavy atom. The maximum atomic E-state index is 11.6. The van der Waals surface area contributed by atoms with Crippen LogP contribution in [0.2, 0.25) is 0 Å². The minimum atomic E-state index is -0.233.